The van der Waals surface area contributed by atoms with E-state index in [1.54, 1.807) is 0 Å². The van der Waals surface area contributed by atoms with E-state index >= 15 is 0 Å². The third-order valence-electron chi connectivity index (χ3n) is 21.7. The number of benzene rings is 16. The number of thiophene rings is 2. The molecule has 22 aromatic rings. The molecule has 0 aliphatic heterocycles. The molecule has 6 heterocycles. The lowest BCUT2D eigenvalue weighted by atomic mass is 9.67. The van der Waals surface area contributed by atoms with Crippen LogP contribution < -0.4 is 0 Å². The lowest BCUT2D eigenvalue weighted by Gasteiger charge is -2.34. The van der Waals surface area contributed by atoms with Crippen LogP contribution in [0.5, 0.6) is 0 Å². The molecule has 1 atom stereocenters. The highest BCUT2D eigenvalue weighted by molar-refractivity contribution is 7.27. The van der Waals surface area contributed by atoms with Crippen molar-refractivity contribution < 1.29 is 8.83 Å². The number of hydrogen-bond acceptors (Lipinski definition) is 4. The van der Waals surface area contributed by atoms with Gasteiger partial charge in [0.25, 0.3) is 0 Å². The zero-order valence-electron chi connectivity index (χ0n) is 51.9. The molecule has 448 valence electrons. The van der Waals surface area contributed by atoms with E-state index in [0.29, 0.717) is 0 Å². The maximum atomic E-state index is 7.23. The fourth-order valence-corrected chi connectivity index (χ4v) is 20.4. The van der Waals surface area contributed by atoms with E-state index in [2.05, 4.69) is 312 Å². The number of fused-ring (bicyclic) bond motifs is 33. The molecule has 1 unspecified atom stereocenters. The van der Waals surface area contributed by atoms with E-state index in [0.717, 1.165) is 77.5 Å². The van der Waals surface area contributed by atoms with Gasteiger partial charge in [0.2, 0.25) is 0 Å². The largest absolute Gasteiger partial charge is 0.454 e. The zero-order chi connectivity index (χ0) is 62.9. The minimum absolute atomic E-state index is 0.703. The Kier molecular flexibility index (Phi) is 10.3. The van der Waals surface area contributed by atoms with Gasteiger partial charge in [-0.25, -0.2) is 0 Å². The maximum Gasteiger partial charge on any atom is 0.161 e. The second kappa shape index (κ2) is 19.1. The number of hydrogen-bond donors (Lipinski definition) is 0. The predicted molar refractivity (Wildman–Crippen MR) is 411 cm³/mol. The lowest BCUT2D eigenvalue weighted by Crippen LogP contribution is -2.28. The Bertz CT molecular complexity index is 7240. The summed E-state index contributed by atoms with van der Waals surface area (Å²) in [4.78, 5) is 0. The Hall–Kier alpha value is -12.1. The highest BCUT2D eigenvalue weighted by Gasteiger charge is 2.47. The number of aromatic nitrogens is 2. The smallest absolute Gasteiger partial charge is 0.161 e. The number of para-hydroxylation sites is 4. The van der Waals surface area contributed by atoms with Crippen LogP contribution in [0.15, 0.2) is 312 Å². The first-order chi connectivity index (χ1) is 48.1. The van der Waals surface area contributed by atoms with E-state index in [1.165, 1.54) is 139 Å². The van der Waals surface area contributed by atoms with Gasteiger partial charge in [-0.15, -0.1) is 22.7 Å². The third-order valence-corrected chi connectivity index (χ3v) is 24.1. The molecule has 4 nitrogen and oxygen atoms in total. The molecular weight excluding hydrogens is 1220 g/mol. The number of nitrogens with zero attached hydrogens (tertiary/aromatic N) is 2. The average Bonchev–Trinajstić information content (AvgIpc) is 1.53. The first-order valence-corrected chi connectivity index (χ1v) is 34.9. The monoisotopic (exact) mass is 1270 g/mol. The highest BCUT2D eigenvalue weighted by Crippen LogP contribution is 2.59. The van der Waals surface area contributed by atoms with Crippen LogP contribution in [0, 0.1) is 0 Å². The van der Waals surface area contributed by atoms with Crippen LogP contribution in [-0.4, -0.2) is 9.13 Å². The van der Waals surface area contributed by atoms with Crippen molar-refractivity contribution in [3.63, 3.8) is 0 Å². The molecule has 23 rings (SSSR count). The second-order valence-corrected chi connectivity index (χ2v) is 28.5. The van der Waals surface area contributed by atoms with Gasteiger partial charge in [-0.1, -0.05) is 237 Å². The Balaban J connectivity index is 0.751. The summed E-state index contributed by atoms with van der Waals surface area (Å²) >= 11 is 3.76. The van der Waals surface area contributed by atoms with Gasteiger partial charge in [-0.3, -0.25) is 0 Å². The van der Waals surface area contributed by atoms with Crippen LogP contribution in [-0.2, 0) is 5.41 Å². The fourth-order valence-electron chi connectivity index (χ4n) is 17.8. The summed E-state index contributed by atoms with van der Waals surface area (Å²) in [6.45, 7) is 0. The van der Waals surface area contributed by atoms with E-state index in [-0.39, 0.29) is 0 Å². The van der Waals surface area contributed by atoms with Gasteiger partial charge in [0.15, 0.2) is 11.2 Å². The Labute approximate surface area is 561 Å². The van der Waals surface area contributed by atoms with Crippen LogP contribution in [0.25, 0.3) is 194 Å². The summed E-state index contributed by atoms with van der Waals surface area (Å²) in [5.74, 6) is 0. The van der Waals surface area contributed by atoms with Gasteiger partial charge in [0.05, 0.1) is 27.5 Å². The number of furan rings is 2. The molecule has 1 aliphatic carbocycles. The summed E-state index contributed by atoms with van der Waals surface area (Å²) in [5.41, 5.74) is 19.3. The molecule has 0 spiro atoms. The lowest BCUT2D eigenvalue weighted by molar-refractivity contribution is 0.671. The van der Waals surface area contributed by atoms with Crippen LogP contribution in [0.3, 0.4) is 0 Å². The van der Waals surface area contributed by atoms with Gasteiger partial charge in [0.1, 0.15) is 11.2 Å². The Morgan fingerprint density at radius 3 is 1.39 bits per heavy atom. The summed E-state index contributed by atoms with van der Waals surface area (Å²) < 4.78 is 24.4. The maximum absolute atomic E-state index is 7.23. The summed E-state index contributed by atoms with van der Waals surface area (Å²) in [6, 6.07) is 113. The molecule has 97 heavy (non-hydrogen) atoms. The molecule has 0 saturated carbocycles. The predicted octanol–water partition coefficient (Wildman–Crippen LogP) is 25.9. The van der Waals surface area contributed by atoms with Gasteiger partial charge in [-0.2, -0.15) is 0 Å². The van der Waals surface area contributed by atoms with E-state index in [9.17, 15) is 0 Å². The molecule has 0 N–H and O–H groups in total. The molecule has 0 saturated heterocycles. The minimum Gasteiger partial charge on any atom is -0.454 e. The first kappa shape index (κ1) is 52.3. The van der Waals surface area contributed by atoms with Crippen molar-refractivity contribution >= 4 is 183 Å². The minimum atomic E-state index is -0.703. The van der Waals surface area contributed by atoms with Crippen molar-refractivity contribution in [2.24, 2.45) is 0 Å². The van der Waals surface area contributed by atoms with Crippen LogP contribution >= 0.6 is 22.7 Å². The van der Waals surface area contributed by atoms with Crippen molar-refractivity contribution in [1.82, 2.24) is 9.13 Å². The molecule has 0 bridgehead atoms. The van der Waals surface area contributed by atoms with Crippen molar-refractivity contribution in [3.05, 3.63) is 326 Å². The fraction of sp³-hybridized carbons (Fsp3) is 0.0110. The normalized spacial score (nSPS) is 14.2. The molecule has 0 radical (unpaired) electrons. The summed E-state index contributed by atoms with van der Waals surface area (Å²) in [5, 5.41) is 22.0. The van der Waals surface area contributed by atoms with E-state index in [4.69, 9.17) is 8.83 Å². The zero-order valence-corrected chi connectivity index (χ0v) is 53.5. The topological polar surface area (TPSA) is 36.1 Å². The molecule has 6 heteroatoms. The van der Waals surface area contributed by atoms with Gasteiger partial charge >= 0.3 is 0 Å². The SMILES string of the molecule is c1ccc(C2(c3cccc(-c4ccc5c(c4)sc4c6c7ccccc7oc6c6c(c7ccccc7n6-c6ccc7c8ccccc8c8ccccc8c7c6)c54)c3)c3ccccc3-c3ccc(-n4c5ccccc5c5c6c7ccccc7sc6c6c7ccccc7oc6c54)cc32)cc1. The van der Waals surface area contributed by atoms with Crippen molar-refractivity contribution in [2.45, 2.75) is 5.41 Å². The average molecular weight is 1270 g/mol. The number of rotatable bonds is 5. The van der Waals surface area contributed by atoms with Gasteiger partial charge in [0, 0.05) is 94.8 Å². The third kappa shape index (κ3) is 6.75. The van der Waals surface area contributed by atoms with Crippen molar-refractivity contribution in [1.29, 1.82) is 0 Å². The molecule has 1 aliphatic rings. The molecule has 0 fully saturated rings. The van der Waals surface area contributed by atoms with Gasteiger partial charge in [-0.05, 0) is 144 Å². The van der Waals surface area contributed by atoms with Gasteiger partial charge < -0.3 is 18.0 Å². The Morgan fingerprint density at radius 1 is 0.268 bits per heavy atom. The molecule has 0 amide bonds. The van der Waals surface area contributed by atoms with E-state index in [1.807, 2.05) is 22.7 Å². The summed E-state index contributed by atoms with van der Waals surface area (Å²) in [6.07, 6.45) is 0. The quantitative estimate of drug-likeness (QED) is 0.161. The van der Waals surface area contributed by atoms with Crippen LogP contribution in [0.1, 0.15) is 22.3 Å². The first-order valence-electron chi connectivity index (χ1n) is 33.3. The van der Waals surface area contributed by atoms with Crippen LogP contribution in [0.2, 0.25) is 0 Å². The molecular formula is C91H50N2O2S2. The van der Waals surface area contributed by atoms with E-state index < -0.39 is 5.41 Å². The highest BCUT2D eigenvalue weighted by atomic mass is 32.1. The Morgan fingerprint density at radius 2 is 0.732 bits per heavy atom. The summed E-state index contributed by atoms with van der Waals surface area (Å²) in [7, 11) is 0. The molecule has 6 aromatic heterocycles. The van der Waals surface area contributed by atoms with Crippen LogP contribution in [0.4, 0.5) is 0 Å². The second-order valence-electron chi connectivity index (χ2n) is 26.4. The van der Waals surface area contributed by atoms with Crippen molar-refractivity contribution in [3.8, 4) is 33.6 Å². The molecule has 16 aromatic carbocycles. The standard InChI is InChI=1S/C91H50N2O2S2/c1-2-22-53(23-3-1)91(71-35-14-8-29-62(71)63-46-43-56(50-72(63)91)93-74-37-16-10-31-65(74)79-81-68-34-13-19-40-77(68)96-89(81)83-66-32-11-17-38-75(66)94-87(83)86(79)93)54-24-20-21-51(47-54)52-41-44-69-78(48-52)97-90-82(69)80-64-30-9-15-36-73(64)92(85(80)88-84(90)67-33-12-18-39-76(67)95-88)55-42-45-61-59-27-5-4-25-57(59)58-26-6-7-28-60(58)70(61)49-55/h1-50H. The van der Waals surface area contributed by atoms with Crippen molar-refractivity contribution in [2.75, 3.05) is 0 Å².